The molecule has 3 rings (SSSR count). The molecule has 0 bridgehead atoms. The van der Waals surface area contributed by atoms with E-state index in [2.05, 4.69) is 15.1 Å². The van der Waals surface area contributed by atoms with Crippen LogP contribution in [0.1, 0.15) is 5.56 Å². The highest BCUT2D eigenvalue weighted by molar-refractivity contribution is 7.99. The maximum absolute atomic E-state index is 9.43. The Balaban J connectivity index is 1.77. The van der Waals surface area contributed by atoms with Crippen molar-refractivity contribution >= 4 is 40.1 Å². The quantitative estimate of drug-likeness (QED) is 0.293. The van der Waals surface area contributed by atoms with Crippen LogP contribution in [0.5, 0.6) is 5.75 Å². The molecular weight excluding hydrogens is 322 g/mol. The van der Waals surface area contributed by atoms with Crippen LogP contribution >= 0.6 is 23.4 Å². The van der Waals surface area contributed by atoms with Crippen molar-refractivity contribution in [3.05, 3.63) is 53.1 Å². The van der Waals surface area contributed by atoms with Crippen LogP contribution in [0.2, 0.25) is 5.02 Å². The number of benzene rings is 2. The number of H-pyrrole nitrogens is 1. The molecule has 0 fully saturated rings. The molecule has 5 nitrogen and oxygen atoms in total. The number of para-hydroxylation sites is 2. The first-order valence-corrected chi connectivity index (χ1v) is 7.81. The van der Waals surface area contributed by atoms with Crippen LogP contribution < -0.4 is 0 Å². The fraction of sp³-hybridized carbons (Fsp3) is 0.0667. The van der Waals surface area contributed by atoms with E-state index in [1.54, 1.807) is 12.1 Å². The lowest BCUT2D eigenvalue weighted by Crippen LogP contribution is -2.04. The van der Waals surface area contributed by atoms with E-state index in [1.165, 1.54) is 17.8 Å². The van der Waals surface area contributed by atoms with Gasteiger partial charge in [-0.1, -0.05) is 40.7 Å². The number of fused-ring (bicyclic) bond motifs is 1. The first-order valence-electron chi connectivity index (χ1n) is 6.45. The number of phenols is 1. The minimum absolute atomic E-state index is 0.00681. The Morgan fingerprint density at radius 3 is 2.82 bits per heavy atom. The largest absolute Gasteiger partial charge is 0.506 e. The average molecular weight is 334 g/mol. The number of aromatic amines is 1. The van der Waals surface area contributed by atoms with E-state index < -0.39 is 0 Å². The molecule has 3 aromatic rings. The lowest BCUT2D eigenvalue weighted by molar-refractivity contribution is 0.319. The first kappa shape index (κ1) is 14.7. The standard InChI is InChI=1S/C15H12ClN3O2S/c16-10-7-9(5-6-14(10)20)13(19-21)8-22-15-17-11-3-1-2-4-12(11)18-15/h1-7,20-21H,8H2,(H,17,18)/b19-13-. The predicted octanol–water partition coefficient (Wildman–Crippen LogP) is 3.89. The summed E-state index contributed by atoms with van der Waals surface area (Å²) in [5.41, 5.74) is 2.95. The number of phenolic OH excluding ortho intramolecular Hbond substituents is 1. The van der Waals surface area contributed by atoms with Crippen molar-refractivity contribution in [3.8, 4) is 5.75 Å². The van der Waals surface area contributed by atoms with Crippen LogP contribution in [-0.4, -0.2) is 31.7 Å². The van der Waals surface area contributed by atoms with Crippen molar-refractivity contribution in [2.75, 3.05) is 5.75 Å². The Bertz CT molecular complexity index is 815. The zero-order valence-corrected chi connectivity index (χ0v) is 12.9. The van der Waals surface area contributed by atoms with E-state index in [4.69, 9.17) is 11.6 Å². The summed E-state index contributed by atoms with van der Waals surface area (Å²) in [5, 5.41) is 22.9. The summed E-state index contributed by atoms with van der Waals surface area (Å²) in [5.74, 6) is 0.407. The molecule has 0 atom stereocenters. The lowest BCUT2D eigenvalue weighted by atomic mass is 10.1. The van der Waals surface area contributed by atoms with Gasteiger partial charge in [0.1, 0.15) is 5.75 Å². The number of nitrogens with one attached hydrogen (secondary N) is 1. The summed E-state index contributed by atoms with van der Waals surface area (Å²) in [4.78, 5) is 7.65. The second-order valence-corrected chi connectivity index (χ2v) is 5.93. The molecule has 0 unspecified atom stereocenters. The third kappa shape index (κ3) is 3.03. The third-order valence-corrected chi connectivity index (χ3v) is 4.30. The highest BCUT2D eigenvalue weighted by Crippen LogP contribution is 2.26. The highest BCUT2D eigenvalue weighted by atomic mass is 35.5. The number of aromatic nitrogens is 2. The first-order chi connectivity index (χ1) is 10.7. The van der Waals surface area contributed by atoms with Crippen LogP contribution in [0.15, 0.2) is 52.8 Å². The molecule has 1 heterocycles. The van der Waals surface area contributed by atoms with Gasteiger partial charge in [0, 0.05) is 11.3 Å². The zero-order valence-electron chi connectivity index (χ0n) is 11.3. The topological polar surface area (TPSA) is 81.5 Å². The van der Waals surface area contributed by atoms with E-state index >= 15 is 0 Å². The molecule has 7 heteroatoms. The van der Waals surface area contributed by atoms with Gasteiger partial charge in [-0.3, -0.25) is 0 Å². The second kappa shape index (κ2) is 6.29. The molecule has 112 valence electrons. The summed E-state index contributed by atoms with van der Waals surface area (Å²) < 4.78 is 0. The molecule has 0 radical (unpaired) electrons. The third-order valence-electron chi connectivity index (χ3n) is 3.11. The molecule has 0 saturated carbocycles. The van der Waals surface area contributed by atoms with Gasteiger partial charge in [-0.15, -0.1) is 0 Å². The molecule has 0 amide bonds. The number of rotatable bonds is 4. The Kier molecular flexibility index (Phi) is 4.22. The van der Waals surface area contributed by atoms with E-state index in [-0.39, 0.29) is 10.8 Å². The van der Waals surface area contributed by atoms with Crippen molar-refractivity contribution in [1.29, 1.82) is 0 Å². The van der Waals surface area contributed by atoms with Crippen molar-refractivity contribution in [1.82, 2.24) is 9.97 Å². The van der Waals surface area contributed by atoms with Crippen molar-refractivity contribution in [3.63, 3.8) is 0 Å². The van der Waals surface area contributed by atoms with E-state index in [0.29, 0.717) is 17.0 Å². The molecule has 0 saturated heterocycles. The van der Waals surface area contributed by atoms with Crippen LogP contribution in [0.3, 0.4) is 0 Å². The van der Waals surface area contributed by atoms with E-state index in [1.807, 2.05) is 24.3 Å². The maximum Gasteiger partial charge on any atom is 0.166 e. The normalized spacial score (nSPS) is 12.0. The Labute approximate surface area is 135 Å². The number of aromatic hydroxyl groups is 1. The molecule has 0 aliphatic heterocycles. The maximum atomic E-state index is 9.43. The number of hydrogen-bond acceptors (Lipinski definition) is 5. The van der Waals surface area contributed by atoms with Gasteiger partial charge in [0.15, 0.2) is 5.16 Å². The van der Waals surface area contributed by atoms with E-state index in [0.717, 1.165) is 16.2 Å². The van der Waals surface area contributed by atoms with Crippen LogP contribution in [0.4, 0.5) is 0 Å². The van der Waals surface area contributed by atoms with Gasteiger partial charge >= 0.3 is 0 Å². The molecule has 2 aromatic carbocycles. The molecule has 0 aliphatic carbocycles. The number of imidazole rings is 1. The SMILES string of the molecule is O/N=C(/CSc1nc2ccccc2[nH]1)c1ccc(O)c(Cl)c1. The Hall–Kier alpha value is -2.18. The monoisotopic (exact) mass is 333 g/mol. The van der Waals surface area contributed by atoms with E-state index in [9.17, 15) is 10.3 Å². The van der Waals surface area contributed by atoms with Gasteiger partial charge in [0.2, 0.25) is 0 Å². The zero-order chi connectivity index (χ0) is 15.5. The number of nitrogens with zero attached hydrogens (tertiary/aromatic N) is 2. The molecule has 0 aliphatic rings. The minimum Gasteiger partial charge on any atom is -0.506 e. The summed E-state index contributed by atoms with van der Waals surface area (Å²) in [6, 6.07) is 12.4. The minimum atomic E-state index is -0.00681. The van der Waals surface area contributed by atoms with Crippen LogP contribution in [0, 0.1) is 0 Å². The fourth-order valence-corrected chi connectivity index (χ4v) is 3.01. The van der Waals surface area contributed by atoms with Gasteiger partial charge in [-0.2, -0.15) is 0 Å². The number of halogens is 1. The van der Waals surface area contributed by atoms with Crippen LogP contribution in [-0.2, 0) is 0 Å². The number of oxime groups is 1. The molecular formula is C15H12ClN3O2S. The Morgan fingerprint density at radius 2 is 2.09 bits per heavy atom. The van der Waals surface area contributed by atoms with Gasteiger partial charge < -0.3 is 15.3 Å². The predicted molar refractivity (Wildman–Crippen MR) is 88.3 cm³/mol. The summed E-state index contributed by atoms with van der Waals surface area (Å²) >= 11 is 7.29. The van der Waals surface area contributed by atoms with Gasteiger partial charge in [0.25, 0.3) is 0 Å². The van der Waals surface area contributed by atoms with Crippen molar-refractivity contribution < 1.29 is 10.3 Å². The van der Waals surface area contributed by atoms with Crippen LogP contribution in [0.25, 0.3) is 11.0 Å². The Morgan fingerprint density at radius 1 is 1.27 bits per heavy atom. The number of hydrogen-bond donors (Lipinski definition) is 3. The van der Waals surface area contributed by atoms with Gasteiger partial charge in [0.05, 0.1) is 21.8 Å². The molecule has 22 heavy (non-hydrogen) atoms. The lowest BCUT2D eigenvalue weighted by Gasteiger charge is -2.05. The molecule has 1 aromatic heterocycles. The van der Waals surface area contributed by atoms with Crippen molar-refractivity contribution in [2.45, 2.75) is 5.16 Å². The molecule has 3 N–H and O–H groups in total. The second-order valence-electron chi connectivity index (χ2n) is 4.56. The fourth-order valence-electron chi connectivity index (χ4n) is 1.99. The summed E-state index contributed by atoms with van der Waals surface area (Å²) in [7, 11) is 0. The smallest absolute Gasteiger partial charge is 0.166 e. The highest BCUT2D eigenvalue weighted by Gasteiger charge is 2.10. The molecule has 0 spiro atoms. The summed E-state index contributed by atoms with van der Waals surface area (Å²) in [6.07, 6.45) is 0. The average Bonchev–Trinajstić information content (AvgIpc) is 2.94. The number of thioether (sulfide) groups is 1. The van der Waals surface area contributed by atoms with Gasteiger partial charge in [-0.05, 0) is 30.3 Å². The van der Waals surface area contributed by atoms with Crippen molar-refractivity contribution in [2.24, 2.45) is 5.16 Å². The summed E-state index contributed by atoms with van der Waals surface area (Å²) in [6.45, 7) is 0. The van der Waals surface area contributed by atoms with Gasteiger partial charge in [-0.25, -0.2) is 4.98 Å².